The van der Waals surface area contributed by atoms with Crippen molar-refractivity contribution in [3.05, 3.63) is 29.8 Å². The fourth-order valence-corrected chi connectivity index (χ4v) is 1.42. The first-order valence-electron chi connectivity index (χ1n) is 5.88. The first-order valence-corrected chi connectivity index (χ1v) is 5.88. The molecule has 0 aliphatic heterocycles. The maximum Gasteiger partial charge on any atom is 0.313 e. The Morgan fingerprint density at radius 1 is 1.05 bits per heavy atom. The van der Waals surface area contributed by atoms with Crippen molar-refractivity contribution in [1.82, 2.24) is 10.6 Å². The molecule has 0 saturated heterocycles. The van der Waals surface area contributed by atoms with E-state index in [1.165, 1.54) is 7.05 Å². The zero-order valence-electron chi connectivity index (χ0n) is 11.1. The average molecular weight is 263 g/mol. The van der Waals surface area contributed by atoms with Crippen LogP contribution in [0.2, 0.25) is 0 Å². The quantitative estimate of drug-likeness (QED) is 0.694. The fourth-order valence-electron chi connectivity index (χ4n) is 1.42. The fraction of sp³-hybridized carbons (Fsp3) is 0.308. The molecule has 0 spiro atoms. The lowest BCUT2D eigenvalue weighted by atomic mass is 10.1. The smallest absolute Gasteiger partial charge is 0.313 e. The topological polar surface area (TPSA) is 87.3 Å². The molecule has 102 valence electrons. The highest BCUT2D eigenvalue weighted by atomic mass is 16.2. The van der Waals surface area contributed by atoms with E-state index in [4.69, 9.17) is 0 Å². The van der Waals surface area contributed by atoms with Crippen molar-refractivity contribution in [3.63, 3.8) is 0 Å². The molecule has 1 aromatic carbocycles. The molecular formula is C13H17N3O3. The lowest BCUT2D eigenvalue weighted by Gasteiger charge is -2.12. The second kappa shape index (κ2) is 6.53. The van der Waals surface area contributed by atoms with Gasteiger partial charge in [-0.15, -0.1) is 0 Å². The maximum atomic E-state index is 11.9. The average Bonchev–Trinajstić information content (AvgIpc) is 2.37. The van der Waals surface area contributed by atoms with E-state index in [0.717, 1.165) is 0 Å². The molecular weight excluding hydrogens is 246 g/mol. The molecule has 0 bridgehead atoms. The van der Waals surface area contributed by atoms with E-state index >= 15 is 0 Å². The van der Waals surface area contributed by atoms with Crippen LogP contribution in [0.4, 0.5) is 5.69 Å². The van der Waals surface area contributed by atoms with Crippen LogP contribution in [0.25, 0.3) is 0 Å². The van der Waals surface area contributed by atoms with E-state index in [1.807, 2.05) is 13.8 Å². The van der Waals surface area contributed by atoms with Crippen molar-refractivity contribution in [2.75, 3.05) is 12.4 Å². The molecule has 1 rings (SSSR count). The molecule has 1 aromatic rings. The van der Waals surface area contributed by atoms with Crippen LogP contribution in [0.5, 0.6) is 0 Å². The van der Waals surface area contributed by atoms with Crippen LogP contribution >= 0.6 is 0 Å². The molecule has 19 heavy (non-hydrogen) atoms. The van der Waals surface area contributed by atoms with Crippen LogP contribution in [-0.4, -0.2) is 30.8 Å². The largest absolute Gasteiger partial charge is 0.351 e. The number of hydrogen-bond acceptors (Lipinski definition) is 3. The van der Waals surface area contributed by atoms with Gasteiger partial charge in [0.25, 0.3) is 5.91 Å². The van der Waals surface area contributed by atoms with Gasteiger partial charge in [0.15, 0.2) is 0 Å². The molecule has 0 heterocycles. The molecule has 6 heteroatoms. The van der Waals surface area contributed by atoms with Gasteiger partial charge in [0.05, 0.1) is 11.3 Å². The molecule has 0 atom stereocenters. The highest BCUT2D eigenvalue weighted by Gasteiger charge is 2.16. The van der Waals surface area contributed by atoms with E-state index in [1.54, 1.807) is 24.3 Å². The minimum atomic E-state index is -0.813. The maximum absolute atomic E-state index is 11.9. The SMILES string of the molecule is CNC(=O)C(=O)Nc1ccccc1C(=O)NC(C)C. The molecule has 0 saturated carbocycles. The molecule has 0 radical (unpaired) electrons. The number of carbonyl (C=O) groups excluding carboxylic acids is 3. The summed E-state index contributed by atoms with van der Waals surface area (Å²) in [6.45, 7) is 3.67. The minimum Gasteiger partial charge on any atom is -0.351 e. The summed E-state index contributed by atoms with van der Waals surface area (Å²) in [6, 6.07) is 6.49. The molecule has 0 aliphatic carbocycles. The van der Waals surface area contributed by atoms with Crippen molar-refractivity contribution >= 4 is 23.4 Å². The van der Waals surface area contributed by atoms with Crippen LogP contribution in [0.15, 0.2) is 24.3 Å². The second-order valence-corrected chi connectivity index (χ2v) is 4.21. The number of para-hydroxylation sites is 1. The van der Waals surface area contributed by atoms with Crippen molar-refractivity contribution in [3.8, 4) is 0 Å². The zero-order valence-corrected chi connectivity index (χ0v) is 11.1. The summed E-state index contributed by atoms with van der Waals surface area (Å²) in [4.78, 5) is 34.6. The summed E-state index contributed by atoms with van der Waals surface area (Å²) in [5.41, 5.74) is 0.614. The van der Waals surface area contributed by atoms with E-state index < -0.39 is 11.8 Å². The monoisotopic (exact) mass is 263 g/mol. The first-order chi connectivity index (χ1) is 8.95. The molecule has 0 unspecified atom stereocenters. The minimum absolute atomic E-state index is 0.0183. The van der Waals surface area contributed by atoms with Crippen LogP contribution in [-0.2, 0) is 9.59 Å². The van der Waals surface area contributed by atoms with Crippen molar-refractivity contribution < 1.29 is 14.4 Å². The third-order valence-electron chi connectivity index (χ3n) is 2.27. The van der Waals surface area contributed by atoms with Crippen LogP contribution in [0.3, 0.4) is 0 Å². The number of nitrogens with one attached hydrogen (secondary N) is 3. The number of rotatable bonds is 3. The summed E-state index contributed by atoms with van der Waals surface area (Å²) < 4.78 is 0. The number of anilines is 1. The third-order valence-corrected chi connectivity index (χ3v) is 2.27. The molecule has 0 aliphatic rings. The van der Waals surface area contributed by atoms with Gasteiger partial charge in [-0.2, -0.15) is 0 Å². The zero-order chi connectivity index (χ0) is 14.4. The highest BCUT2D eigenvalue weighted by molar-refractivity contribution is 6.39. The van der Waals surface area contributed by atoms with Gasteiger partial charge in [-0.05, 0) is 26.0 Å². The number of likely N-dealkylation sites (N-methyl/N-ethyl adjacent to an activating group) is 1. The van der Waals surface area contributed by atoms with E-state index in [9.17, 15) is 14.4 Å². The highest BCUT2D eigenvalue weighted by Crippen LogP contribution is 2.15. The summed E-state index contributed by atoms with van der Waals surface area (Å²) in [5.74, 6) is -1.88. The predicted octanol–water partition coefficient (Wildman–Crippen LogP) is 0.509. The second-order valence-electron chi connectivity index (χ2n) is 4.21. The van der Waals surface area contributed by atoms with Crippen LogP contribution < -0.4 is 16.0 Å². The molecule has 3 amide bonds. The number of hydrogen-bond donors (Lipinski definition) is 3. The normalized spacial score (nSPS) is 9.89. The number of carbonyl (C=O) groups is 3. The Morgan fingerprint density at radius 2 is 1.68 bits per heavy atom. The van der Waals surface area contributed by atoms with E-state index in [2.05, 4.69) is 16.0 Å². The Bertz CT molecular complexity index is 498. The molecule has 6 nitrogen and oxygen atoms in total. The van der Waals surface area contributed by atoms with Gasteiger partial charge in [-0.1, -0.05) is 12.1 Å². The molecule has 0 fully saturated rings. The molecule has 0 aromatic heterocycles. The van der Waals surface area contributed by atoms with Crippen LogP contribution in [0, 0.1) is 0 Å². The summed E-state index contributed by atoms with van der Waals surface area (Å²) in [6.07, 6.45) is 0. The van der Waals surface area contributed by atoms with Crippen molar-refractivity contribution in [2.24, 2.45) is 0 Å². The first kappa shape index (κ1) is 14.7. The summed E-state index contributed by atoms with van der Waals surface area (Å²) in [5, 5.41) is 7.34. The lowest BCUT2D eigenvalue weighted by Crippen LogP contribution is -2.34. The van der Waals surface area contributed by atoms with Gasteiger partial charge in [0.1, 0.15) is 0 Å². The van der Waals surface area contributed by atoms with Gasteiger partial charge >= 0.3 is 11.8 Å². The number of amides is 3. The van der Waals surface area contributed by atoms with Gasteiger partial charge < -0.3 is 16.0 Å². The predicted molar refractivity (Wildman–Crippen MR) is 71.7 cm³/mol. The lowest BCUT2D eigenvalue weighted by molar-refractivity contribution is -0.135. The van der Waals surface area contributed by atoms with Gasteiger partial charge in [-0.3, -0.25) is 14.4 Å². The van der Waals surface area contributed by atoms with E-state index in [-0.39, 0.29) is 11.9 Å². The van der Waals surface area contributed by atoms with Gasteiger partial charge in [0, 0.05) is 13.1 Å². The van der Waals surface area contributed by atoms with Crippen molar-refractivity contribution in [1.29, 1.82) is 0 Å². The third kappa shape index (κ3) is 4.09. The standard InChI is InChI=1S/C13H17N3O3/c1-8(2)15-11(17)9-6-4-5-7-10(9)16-13(19)12(18)14-3/h4-8H,1-3H3,(H,14,18)(H,15,17)(H,16,19). The van der Waals surface area contributed by atoms with Crippen LogP contribution in [0.1, 0.15) is 24.2 Å². The number of benzene rings is 1. The molecule has 3 N–H and O–H groups in total. The summed E-state index contributed by atoms with van der Waals surface area (Å²) >= 11 is 0. The summed E-state index contributed by atoms with van der Waals surface area (Å²) in [7, 11) is 1.36. The Balaban J connectivity index is 2.93. The van der Waals surface area contributed by atoms with Crippen molar-refractivity contribution in [2.45, 2.75) is 19.9 Å². The Hall–Kier alpha value is -2.37. The Kier molecular flexibility index (Phi) is 5.05. The van der Waals surface area contributed by atoms with Gasteiger partial charge in [-0.25, -0.2) is 0 Å². The Morgan fingerprint density at radius 3 is 2.26 bits per heavy atom. The van der Waals surface area contributed by atoms with E-state index in [0.29, 0.717) is 11.3 Å². The van der Waals surface area contributed by atoms with Gasteiger partial charge in [0.2, 0.25) is 0 Å². The Labute approximate surface area is 111 Å².